The normalized spacial score (nSPS) is 28.5. The Hall–Kier alpha value is -1.57. The summed E-state index contributed by atoms with van der Waals surface area (Å²) in [6.45, 7) is 0.484. The topological polar surface area (TPSA) is 87.2 Å². The molecule has 2 amide bonds. The van der Waals surface area contributed by atoms with Crippen LogP contribution in [-0.4, -0.2) is 29.3 Å². The highest BCUT2D eigenvalue weighted by Gasteiger charge is 2.36. The van der Waals surface area contributed by atoms with Crippen molar-refractivity contribution in [1.29, 1.82) is 5.26 Å². The average molecular weight is 235 g/mol. The van der Waals surface area contributed by atoms with Gasteiger partial charge in [-0.15, -0.1) is 0 Å². The van der Waals surface area contributed by atoms with Crippen LogP contribution in [0, 0.1) is 23.2 Å². The van der Waals surface area contributed by atoms with E-state index in [1.807, 2.05) is 0 Å². The van der Waals surface area contributed by atoms with Gasteiger partial charge in [0, 0.05) is 13.0 Å². The second-order valence-electron chi connectivity index (χ2n) is 5.00. The molecule has 2 rings (SSSR count). The molecule has 0 aromatic rings. The van der Waals surface area contributed by atoms with Crippen LogP contribution in [0.3, 0.4) is 0 Å². The van der Waals surface area contributed by atoms with Crippen LogP contribution in [0.15, 0.2) is 0 Å². The van der Waals surface area contributed by atoms with Crippen LogP contribution in [0.2, 0.25) is 0 Å². The van der Waals surface area contributed by atoms with E-state index in [1.165, 1.54) is 0 Å². The summed E-state index contributed by atoms with van der Waals surface area (Å²) in [5.74, 6) is -0.121. The van der Waals surface area contributed by atoms with Gasteiger partial charge in [-0.3, -0.25) is 9.59 Å². The van der Waals surface area contributed by atoms with Crippen molar-refractivity contribution in [3.8, 4) is 6.07 Å². The number of hydrogen-bond donors (Lipinski definition) is 1. The molecule has 1 aliphatic carbocycles. The Morgan fingerprint density at radius 1 is 1.35 bits per heavy atom. The molecule has 0 aromatic heterocycles. The Kier molecular flexibility index (Phi) is 3.32. The summed E-state index contributed by atoms with van der Waals surface area (Å²) in [6.07, 6.45) is 3.79. The summed E-state index contributed by atoms with van der Waals surface area (Å²) in [6, 6.07) is 1.57. The second-order valence-corrected chi connectivity index (χ2v) is 5.00. The number of rotatable bonds is 3. The van der Waals surface area contributed by atoms with Gasteiger partial charge in [0.05, 0.1) is 12.0 Å². The highest BCUT2D eigenvalue weighted by Crippen LogP contribution is 2.34. The molecule has 1 saturated carbocycles. The van der Waals surface area contributed by atoms with Crippen molar-refractivity contribution in [2.45, 2.75) is 38.1 Å². The smallest absolute Gasteiger partial charge is 0.240 e. The third-order valence-corrected chi connectivity index (χ3v) is 3.59. The average Bonchev–Trinajstić information content (AvgIpc) is 3.12. The Bertz CT molecular complexity index is 370. The van der Waals surface area contributed by atoms with E-state index in [4.69, 9.17) is 11.0 Å². The summed E-state index contributed by atoms with van der Waals surface area (Å²) in [5, 5.41) is 8.87. The predicted octanol–water partition coefficient (Wildman–Crippen LogP) is 0.403. The van der Waals surface area contributed by atoms with E-state index in [0.717, 1.165) is 12.8 Å². The molecule has 1 aliphatic heterocycles. The third kappa shape index (κ3) is 2.76. The largest absolute Gasteiger partial charge is 0.368 e. The molecule has 0 aromatic carbocycles. The van der Waals surface area contributed by atoms with Crippen LogP contribution < -0.4 is 5.73 Å². The number of likely N-dealkylation sites (tertiary alicyclic amines) is 1. The van der Waals surface area contributed by atoms with E-state index in [2.05, 4.69) is 6.07 Å². The molecule has 17 heavy (non-hydrogen) atoms. The zero-order valence-corrected chi connectivity index (χ0v) is 9.76. The number of carbonyl (C=O) groups excluding carboxylic acids is 2. The molecule has 2 fully saturated rings. The number of nitrogens with zero attached hydrogens (tertiary/aromatic N) is 2. The fraction of sp³-hybridized carbons (Fsp3) is 0.750. The number of nitrogens with two attached hydrogens (primary N) is 1. The second kappa shape index (κ2) is 4.74. The van der Waals surface area contributed by atoms with Crippen molar-refractivity contribution in [2.75, 3.05) is 6.54 Å². The maximum absolute atomic E-state index is 12.0. The lowest BCUT2D eigenvalue weighted by molar-refractivity contribution is -0.141. The van der Waals surface area contributed by atoms with Gasteiger partial charge in [0.15, 0.2) is 0 Å². The first-order valence-electron chi connectivity index (χ1n) is 6.10. The number of hydrogen-bond acceptors (Lipinski definition) is 3. The molecule has 92 valence electrons. The third-order valence-electron chi connectivity index (χ3n) is 3.59. The van der Waals surface area contributed by atoms with E-state index < -0.39 is 11.9 Å². The van der Waals surface area contributed by atoms with Crippen molar-refractivity contribution in [1.82, 2.24) is 4.90 Å². The van der Waals surface area contributed by atoms with Gasteiger partial charge in [-0.25, -0.2) is 0 Å². The van der Waals surface area contributed by atoms with E-state index in [-0.39, 0.29) is 11.8 Å². The maximum Gasteiger partial charge on any atom is 0.240 e. The van der Waals surface area contributed by atoms with E-state index >= 15 is 0 Å². The predicted molar refractivity (Wildman–Crippen MR) is 60.4 cm³/mol. The molecule has 2 atom stereocenters. The first-order chi connectivity index (χ1) is 8.11. The molecule has 0 bridgehead atoms. The van der Waals surface area contributed by atoms with E-state index in [1.54, 1.807) is 4.90 Å². The van der Waals surface area contributed by atoms with E-state index in [0.29, 0.717) is 31.7 Å². The fourth-order valence-electron chi connectivity index (χ4n) is 2.34. The molecule has 0 spiro atoms. The van der Waals surface area contributed by atoms with Crippen molar-refractivity contribution >= 4 is 11.8 Å². The minimum absolute atomic E-state index is 0.0210. The molecule has 1 saturated heterocycles. The molecule has 1 unspecified atom stereocenters. The number of piperidine rings is 1. The Balaban J connectivity index is 2.01. The van der Waals surface area contributed by atoms with Gasteiger partial charge in [-0.05, 0) is 31.6 Å². The summed E-state index contributed by atoms with van der Waals surface area (Å²) < 4.78 is 0. The first kappa shape index (κ1) is 11.9. The number of nitriles is 1. The van der Waals surface area contributed by atoms with Gasteiger partial charge in [0.1, 0.15) is 6.04 Å². The number of carbonyl (C=O) groups is 2. The van der Waals surface area contributed by atoms with E-state index in [9.17, 15) is 9.59 Å². The molecule has 5 heteroatoms. The number of primary amides is 1. The zero-order valence-electron chi connectivity index (χ0n) is 9.76. The van der Waals surface area contributed by atoms with Crippen LogP contribution >= 0.6 is 0 Å². The molecular weight excluding hydrogens is 218 g/mol. The zero-order chi connectivity index (χ0) is 12.4. The minimum atomic E-state index is -0.584. The molecule has 5 nitrogen and oxygen atoms in total. The lowest BCUT2D eigenvalue weighted by atomic mass is 9.91. The van der Waals surface area contributed by atoms with Crippen LogP contribution in [0.4, 0.5) is 0 Å². The first-order valence-corrected chi connectivity index (χ1v) is 6.10. The van der Waals surface area contributed by atoms with Gasteiger partial charge < -0.3 is 10.6 Å². The highest BCUT2D eigenvalue weighted by atomic mass is 16.2. The molecule has 1 heterocycles. The quantitative estimate of drug-likeness (QED) is 0.768. The molecule has 2 N–H and O–H groups in total. The lowest BCUT2D eigenvalue weighted by Gasteiger charge is -2.35. The van der Waals surface area contributed by atoms with Crippen LogP contribution in [-0.2, 0) is 9.59 Å². The molecular formula is C12H17N3O2. The fourth-order valence-corrected chi connectivity index (χ4v) is 2.34. The summed E-state index contributed by atoms with van der Waals surface area (Å²) in [7, 11) is 0. The van der Waals surface area contributed by atoms with Crippen LogP contribution in [0.1, 0.15) is 32.1 Å². The highest BCUT2D eigenvalue weighted by molar-refractivity contribution is 5.87. The minimum Gasteiger partial charge on any atom is -0.368 e. The van der Waals surface area contributed by atoms with Crippen LogP contribution in [0.25, 0.3) is 0 Å². The summed E-state index contributed by atoms with van der Waals surface area (Å²) in [4.78, 5) is 24.9. The van der Waals surface area contributed by atoms with Crippen molar-refractivity contribution in [2.24, 2.45) is 17.6 Å². The Morgan fingerprint density at radius 3 is 2.59 bits per heavy atom. The Labute approximate surface area is 101 Å². The van der Waals surface area contributed by atoms with Gasteiger partial charge in [0.25, 0.3) is 0 Å². The van der Waals surface area contributed by atoms with Gasteiger partial charge in [-0.2, -0.15) is 5.26 Å². The number of amides is 2. The lowest BCUT2D eigenvalue weighted by Crippen LogP contribution is -2.52. The van der Waals surface area contributed by atoms with Gasteiger partial charge >= 0.3 is 0 Å². The van der Waals surface area contributed by atoms with Crippen molar-refractivity contribution in [3.63, 3.8) is 0 Å². The monoisotopic (exact) mass is 235 g/mol. The van der Waals surface area contributed by atoms with Crippen molar-refractivity contribution < 1.29 is 9.59 Å². The van der Waals surface area contributed by atoms with Crippen LogP contribution in [0.5, 0.6) is 0 Å². The van der Waals surface area contributed by atoms with Crippen molar-refractivity contribution in [3.05, 3.63) is 0 Å². The van der Waals surface area contributed by atoms with Gasteiger partial charge in [-0.1, -0.05) is 0 Å². The summed E-state index contributed by atoms with van der Waals surface area (Å²) >= 11 is 0. The van der Waals surface area contributed by atoms with Gasteiger partial charge in [0.2, 0.25) is 11.8 Å². The molecule has 0 radical (unpaired) electrons. The SMILES string of the molecule is N#CC1CCN(C(=O)CC2CC2)[C@@H](C(N)=O)C1. The standard InChI is InChI=1S/C12H17N3O2/c13-7-9-3-4-15(10(5-9)12(14)17)11(16)6-8-1-2-8/h8-10H,1-6H2,(H2,14,17)/t9?,10-/m1/s1. The molecule has 2 aliphatic rings. The Morgan fingerprint density at radius 2 is 2.06 bits per heavy atom. The maximum atomic E-state index is 12.0. The summed E-state index contributed by atoms with van der Waals surface area (Å²) in [5.41, 5.74) is 5.32.